The Kier molecular flexibility index (Phi) is 5.44. The van der Waals surface area contributed by atoms with Gasteiger partial charge >= 0.3 is 5.63 Å². The number of nitrogens with one attached hydrogen (secondary N) is 2. The van der Waals surface area contributed by atoms with E-state index in [-0.39, 0.29) is 6.61 Å². The Morgan fingerprint density at radius 2 is 1.79 bits per heavy atom. The molecule has 1 aromatic heterocycles. The van der Waals surface area contributed by atoms with Crippen LogP contribution in [-0.4, -0.2) is 18.4 Å². The molecule has 7 heteroatoms. The summed E-state index contributed by atoms with van der Waals surface area (Å²) in [6.45, 7) is 5.25. The van der Waals surface area contributed by atoms with Gasteiger partial charge in [-0.25, -0.2) is 4.79 Å². The molecule has 0 saturated carbocycles. The van der Waals surface area contributed by atoms with Gasteiger partial charge in [0.05, 0.1) is 0 Å². The van der Waals surface area contributed by atoms with E-state index in [9.17, 15) is 14.4 Å². The molecule has 7 nitrogen and oxygen atoms in total. The van der Waals surface area contributed by atoms with Gasteiger partial charge in [0.15, 0.2) is 6.61 Å². The average Bonchev–Trinajstić information content (AvgIpc) is 2.66. The SMILES string of the molecule is Cc1cccc(C(=O)NNC(=O)COc2ccc3c(C)cc(=O)oc3c2)c1C. The molecule has 0 unspecified atom stereocenters. The van der Waals surface area contributed by atoms with Crippen LogP contribution in [0, 0.1) is 20.8 Å². The van der Waals surface area contributed by atoms with Crippen LogP contribution in [-0.2, 0) is 4.79 Å². The summed E-state index contributed by atoms with van der Waals surface area (Å²) < 4.78 is 10.6. The molecule has 28 heavy (non-hydrogen) atoms. The number of hydrogen-bond acceptors (Lipinski definition) is 5. The maximum absolute atomic E-state index is 12.2. The third-order valence-corrected chi connectivity index (χ3v) is 4.46. The molecule has 2 aromatic carbocycles. The van der Waals surface area contributed by atoms with Crippen LogP contribution in [0.1, 0.15) is 27.0 Å². The molecule has 1 heterocycles. The van der Waals surface area contributed by atoms with Crippen LogP contribution >= 0.6 is 0 Å². The molecule has 0 fully saturated rings. The van der Waals surface area contributed by atoms with E-state index >= 15 is 0 Å². The Morgan fingerprint density at radius 3 is 2.57 bits per heavy atom. The van der Waals surface area contributed by atoms with Crippen molar-refractivity contribution in [2.24, 2.45) is 0 Å². The quantitative estimate of drug-likeness (QED) is 0.535. The van der Waals surface area contributed by atoms with Crippen molar-refractivity contribution in [3.63, 3.8) is 0 Å². The molecule has 0 aliphatic rings. The number of amides is 2. The lowest BCUT2D eigenvalue weighted by atomic mass is 10.0. The lowest BCUT2D eigenvalue weighted by Crippen LogP contribution is -2.44. The van der Waals surface area contributed by atoms with E-state index in [0.29, 0.717) is 16.9 Å². The number of benzene rings is 2. The van der Waals surface area contributed by atoms with Crippen LogP contribution in [0.3, 0.4) is 0 Å². The first-order chi connectivity index (χ1) is 13.3. The highest BCUT2D eigenvalue weighted by molar-refractivity contribution is 5.97. The third kappa shape index (κ3) is 4.20. The van der Waals surface area contributed by atoms with Crippen molar-refractivity contribution in [3.05, 3.63) is 75.1 Å². The lowest BCUT2D eigenvalue weighted by molar-refractivity contribution is -0.123. The average molecular weight is 380 g/mol. The Labute approximate surface area is 161 Å². The van der Waals surface area contributed by atoms with Crippen LogP contribution in [0.5, 0.6) is 5.75 Å². The summed E-state index contributed by atoms with van der Waals surface area (Å²) in [5, 5.41) is 0.789. The van der Waals surface area contributed by atoms with Crippen molar-refractivity contribution in [2.45, 2.75) is 20.8 Å². The zero-order chi connectivity index (χ0) is 20.3. The zero-order valence-corrected chi connectivity index (χ0v) is 15.8. The zero-order valence-electron chi connectivity index (χ0n) is 15.8. The molecule has 144 valence electrons. The molecular weight excluding hydrogens is 360 g/mol. The van der Waals surface area contributed by atoms with Crippen LogP contribution in [0.15, 0.2) is 51.7 Å². The predicted molar refractivity (Wildman–Crippen MR) is 104 cm³/mol. The van der Waals surface area contributed by atoms with E-state index in [0.717, 1.165) is 22.1 Å². The minimum atomic E-state index is -0.524. The maximum atomic E-state index is 12.2. The van der Waals surface area contributed by atoms with Gasteiger partial charge in [0.2, 0.25) is 0 Å². The molecular formula is C21H20N2O5. The van der Waals surface area contributed by atoms with Crippen molar-refractivity contribution in [1.82, 2.24) is 10.9 Å². The fourth-order valence-electron chi connectivity index (χ4n) is 2.77. The number of hydrogen-bond donors (Lipinski definition) is 2. The highest BCUT2D eigenvalue weighted by Crippen LogP contribution is 2.22. The number of fused-ring (bicyclic) bond motifs is 1. The van der Waals surface area contributed by atoms with Gasteiger partial charge in [-0.3, -0.25) is 20.4 Å². The van der Waals surface area contributed by atoms with E-state index in [1.54, 1.807) is 30.3 Å². The Morgan fingerprint density at radius 1 is 1.00 bits per heavy atom. The summed E-state index contributed by atoms with van der Waals surface area (Å²) in [7, 11) is 0. The number of aryl methyl sites for hydroxylation is 2. The highest BCUT2D eigenvalue weighted by atomic mass is 16.5. The fourth-order valence-corrected chi connectivity index (χ4v) is 2.77. The molecule has 0 atom stereocenters. The molecule has 0 aliphatic heterocycles. The molecule has 2 N–H and O–H groups in total. The molecule has 0 aliphatic carbocycles. The number of rotatable bonds is 4. The third-order valence-electron chi connectivity index (χ3n) is 4.46. The van der Waals surface area contributed by atoms with Gasteiger partial charge in [0, 0.05) is 23.1 Å². The number of carbonyl (C=O) groups is 2. The molecule has 0 radical (unpaired) electrons. The van der Waals surface area contributed by atoms with Crippen molar-refractivity contribution in [3.8, 4) is 5.75 Å². The smallest absolute Gasteiger partial charge is 0.336 e. The van der Waals surface area contributed by atoms with Gasteiger partial charge in [-0.15, -0.1) is 0 Å². The first-order valence-electron chi connectivity index (χ1n) is 8.68. The normalized spacial score (nSPS) is 10.5. The van der Waals surface area contributed by atoms with E-state index in [2.05, 4.69) is 10.9 Å². The largest absolute Gasteiger partial charge is 0.484 e. The molecule has 3 rings (SSSR count). The fraction of sp³-hybridized carbons (Fsp3) is 0.190. The van der Waals surface area contributed by atoms with Gasteiger partial charge in [-0.05, 0) is 55.7 Å². The summed E-state index contributed by atoms with van der Waals surface area (Å²) in [5.74, 6) is -0.556. The number of ether oxygens (including phenoxy) is 1. The van der Waals surface area contributed by atoms with Gasteiger partial charge in [0.25, 0.3) is 11.8 Å². The van der Waals surface area contributed by atoms with Gasteiger partial charge in [-0.2, -0.15) is 0 Å². The molecule has 0 saturated heterocycles. The van der Waals surface area contributed by atoms with Crippen LogP contribution in [0.25, 0.3) is 11.0 Å². The second-order valence-corrected chi connectivity index (χ2v) is 6.44. The molecule has 0 bridgehead atoms. The predicted octanol–water partition coefficient (Wildman–Crippen LogP) is 2.56. The maximum Gasteiger partial charge on any atom is 0.336 e. The molecule has 0 spiro atoms. The summed E-state index contributed by atoms with van der Waals surface area (Å²) in [4.78, 5) is 35.6. The summed E-state index contributed by atoms with van der Waals surface area (Å²) >= 11 is 0. The van der Waals surface area contributed by atoms with Crippen molar-refractivity contribution in [2.75, 3.05) is 6.61 Å². The molecule has 3 aromatic rings. The van der Waals surface area contributed by atoms with Crippen molar-refractivity contribution >= 4 is 22.8 Å². The van der Waals surface area contributed by atoms with E-state index in [4.69, 9.17) is 9.15 Å². The number of hydrazine groups is 1. The second kappa shape index (κ2) is 7.96. The summed E-state index contributed by atoms with van der Waals surface area (Å²) in [6, 6.07) is 11.8. The van der Waals surface area contributed by atoms with Crippen molar-refractivity contribution in [1.29, 1.82) is 0 Å². The Bertz CT molecular complexity index is 1120. The first-order valence-corrected chi connectivity index (χ1v) is 8.68. The Balaban J connectivity index is 1.58. The number of carbonyl (C=O) groups excluding carboxylic acids is 2. The second-order valence-electron chi connectivity index (χ2n) is 6.44. The minimum Gasteiger partial charge on any atom is -0.484 e. The molecule has 2 amide bonds. The summed E-state index contributed by atoms with van der Waals surface area (Å²) in [6.07, 6.45) is 0. The standard InChI is InChI=1S/C21H20N2O5/c1-12-5-4-6-17(14(12)3)21(26)23-22-19(24)11-27-15-7-8-16-13(2)9-20(25)28-18(16)10-15/h4-10H,11H2,1-3H3,(H,22,24)(H,23,26). The van der Waals surface area contributed by atoms with Crippen LogP contribution in [0.2, 0.25) is 0 Å². The highest BCUT2D eigenvalue weighted by Gasteiger charge is 2.12. The lowest BCUT2D eigenvalue weighted by Gasteiger charge is -2.11. The van der Waals surface area contributed by atoms with Gasteiger partial charge in [-0.1, -0.05) is 12.1 Å². The topological polar surface area (TPSA) is 97.6 Å². The monoisotopic (exact) mass is 380 g/mol. The van der Waals surface area contributed by atoms with Crippen LogP contribution in [0.4, 0.5) is 0 Å². The van der Waals surface area contributed by atoms with E-state index < -0.39 is 17.4 Å². The summed E-state index contributed by atoms with van der Waals surface area (Å²) in [5.41, 5.74) is 7.73. The first kappa shape index (κ1) is 19.2. The van der Waals surface area contributed by atoms with Crippen LogP contribution < -0.4 is 21.2 Å². The van der Waals surface area contributed by atoms with Gasteiger partial charge in [0.1, 0.15) is 11.3 Å². The van der Waals surface area contributed by atoms with E-state index in [1.165, 1.54) is 6.07 Å². The van der Waals surface area contributed by atoms with Gasteiger partial charge < -0.3 is 9.15 Å². The van der Waals surface area contributed by atoms with E-state index in [1.807, 2.05) is 26.8 Å². The van der Waals surface area contributed by atoms with Crippen molar-refractivity contribution < 1.29 is 18.7 Å². The Hall–Kier alpha value is -3.61. The minimum absolute atomic E-state index is 0.311.